The molecule has 0 aliphatic carbocycles. The number of morpholine rings is 1. The molecule has 8 heteroatoms. The van der Waals surface area contributed by atoms with Crippen molar-refractivity contribution in [3.8, 4) is 0 Å². The van der Waals surface area contributed by atoms with Crippen LogP contribution in [0.1, 0.15) is 35.4 Å². The maximum atomic E-state index is 12.7. The number of amides is 1. The summed E-state index contributed by atoms with van der Waals surface area (Å²) < 4.78 is 11.2. The summed E-state index contributed by atoms with van der Waals surface area (Å²) in [6.07, 6.45) is 6.83. The van der Waals surface area contributed by atoms with E-state index in [1.165, 1.54) is 4.88 Å². The summed E-state index contributed by atoms with van der Waals surface area (Å²) >= 11 is 1.61. The summed E-state index contributed by atoms with van der Waals surface area (Å²) in [4.78, 5) is 22.3. The van der Waals surface area contributed by atoms with Gasteiger partial charge < -0.3 is 14.2 Å². The number of hydrogen-bond donors (Lipinski definition) is 0. The largest absolute Gasteiger partial charge is 0.371 e. The Morgan fingerprint density at radius 3 is 2.89 bits per heavy atom. The SMILES string of the molecule is Cc1nocc1CN1CCC2(CC1)CN(C(=O)CCc1cncs1)CCO2. The third-order valence-electron chi connectivity index (χ3n) is 5.68. The van der Waals surface area contributed by atoms with Gasteiger partial charge in [-0.25, -0.2) is 0 Å². The van der Waals surface area contributed by atoms with Crippen LogP contribution < -0.4 is 0 Å². The molecule has 0 aromatic carbocycles. The van der Waals surface area contributed by atoms with Gasteiger partial charge in [-0.3, -0.25) is 14.7 Å². The van der Waals surface area contributed by atoms with Crippen molar-refractivity contribution in [3.63, 3.8) is 0 Å². The van der Waals surface area contributed by atoms with Crippen LogP contribution in [0.2, 0.25) is 0 Å². The Kier molecular flexibility index (Phi) is 5.56. The van der Waals surface area contributed by atoms with Gasteiger partial charge in [-0.1, -0.05) is 5.16 Å². The van der Waals surface area contributed by atoms with Crippen molar-refractivity contribution in [2.45, 2.75) is 44.8 Å². The number of likely N-dealkylation sites (tertiary alicyclic amines) is 1. The van der Waals surface area contributed by atoms with E-state index in [4.69, 9.17) is 9.26 Å². The quantitative estimate of drug-likeness (QED) is 0.780. The van der Waals surface area contributed by atoms with E-state index in [0.29, 0.717) is 26.1 Å². The maximum absolute atomic E-state index is 12.7. The molecule has 1 amide bonds. The fourth-order valence-corrected chi connectivity index (χ4v) is 4.54. The highest BCUT2D eigenvalue weighted by molar-refractivity contribution is 7.09. The van der Waals surface area contributed by atoms with E-state index in [-0.39, 0.29) is 11.5 Å². The molecule has 0 unspecified atom stereocenters. The fourth-order valence-electron chi connectivity index (χ4n) is 3.94. The summed E-state index contributed by atoms with van der Waals surface area (Å²) in [7, 11) is 0. The number of rotatable bonds is 5. The van der Waals surface area contributed by atoms with Gasteiger partial charge in [-0.15, -0.1) is 11.3 Å². The molecule has 2 aromatic rings. The lowest BCUT2D eigenvalue weighted by atomic mass is 9.89. The predicted molar refractivity (Wildman–Crippen MR) is 101 cm³/mol. The molecule has 27 heavy (non-hydrogen) atoms. The van der Waals surface area contributed by atoms with Crippen LogP contribution in [0, 0.1) is 6.92 Å². The number of piperidine rings is 1. The van der Waals surface area contributed by atoms with Crippen molar-refractivity contribution < 1.29 is 14.1 Å². The van der Waals surface area contributed by atoms with Gasteiger partial charge in [0.15, 0.2) is 0 Å². The summed E-state index contributed by atoms with van der Waals surface area (Å²) in [5, 5.41) is 3.96. The summed E-state index contributed by atoms with van der Waals surface area (Å²) in [5.74, 6) is 0.230. The molecule has 2 aliphatic heterocycles. The third-order valence-corrected chi connectivity index (χ3v) is 6.52. The molecular formula is C19H26N4O3S. The number of aryl methyl sites for hydroxylation is 2. The Balaban J connectivity index is 1.29. The van der Waals surface area contributed by atoms with Gasteiger partial charge in [0.25, 0.3) is 0 Å². The van der Waals surface area contributed by atoms with E-state index in [1.54, 1.807) is 17.6 Å². The van der Waals surface area contributed by atoms with Crippen LogP contribution in [0.5, 0.6) is 0 Å². The zero-order chi connectivity index (χ0) is 18.7. The zero-order valence-corrected chi connectivity index (χ0v) is 16.5. The van der Waals surface area contributed by atoms with Gasteiger partial charge in [0.05, 0.1) is 23.4 Å². The standard InChI is InChI=1S/C19H26N4O3S/c1-15-16(12-26-21-15)11-22-6-4-19(5-7-22)13-23(8-9-25-19)18(24)3-2-17-10-20-14-27-17/h10,12,14H,2-9,11,13H2,1H3. The first kappa shape index (κ1) is 18.6. The molecular weight excluding hydrogens is 364 g/mol. The van der Waals surface area contributed by atoms with Crippen molar-refractivity contribution >= 4 is 17.2 Å². The van der Waals surface area contributed by atoms with E-state index in [1.807, 2.05) is 23.5 Å². The highest BCUT2D eigenvalue weighted by Gasteiger charge is 2.40. The lowest BCUT2D eigenvalue weighted by molar-refractivity contribution is -0.159. The van der Waals surface area contributed by atoms with Crippen molar-refractivity contribution in [2.75, 3.05) is 32.8 Å². The van der Waals surface area contributed by atoms with Crippen molar-refractivity contribution in [1.82, 2.24) is 19.9 Å². The van der Waals surface area contributed by atoms with Gasteiger partial charge >= 0.3 is 0 Å². The lowest BCUT2D eigenvalue weighted by Crippen LogP contribution is -2.57. The van der Waals surface area contributed by atoms with Crippen molar-refractivity contribution in [2.24, 2.45) is 0 Å². The van der Waals surface area contributed by atoms with Crippen molar-refractivity contribution in [3.05, 3.63) is 34.1 Å². The second kappa shape index (κ2) is 8.08. The summed E-state index contributed by atoms with van der Waals surface area (Å²) in [6.45, 7) is 6.83. The van der Waals surface area contributed by atoms with Crippen molar-refractivity contribution in [1.29, 1.82) is 0 Å². The molecule has 7 nitrogen and oxygen atoms in total. The summed E-state index contributed by atoms with van der Waals surface area (Å²) in [6, 6.07) is 0. The van der Waals surface area contributed by atoms with Crippen LogP contribution in [0.4, 0.5) is 0 Å². The molecule has 4 rings (SSSR count). The smallest absolute Gasteiger partial charge is 0.223 e. The average molecular weight is 391 g/mol. The summed E-state index contributed by atoms with van der Waals surface area (Å²) in [5.41, 5.74) is 3.74. The second-order valence-corrected chi connectivity index (χ2v) is 8.49. The van der Waals surface area contributed by atoms with Crippen LogP contribution >= 0.6 is 11.3 Å². The molecule has 0 N–H and O–H groups in total. The molecule has 2 saturated heterocycles. The van der Waals surface area contributed by atoms with Gasteiger partial charge in [0, 0.05) is 55.8 Å². The zero-order valence-electron chi connectivity index (χ0n) is 15.7. The highest BCUT2D eigenvalue weighted by atomic mass is 32.1. The Hall–Kier alpha value is -1.77. The van der Waals surface area contributed by atoms with Crippen LogP contribution in [0.15, 0.2) is 22.5 Å². The first-order valence-electron chi connectivity index (χ1n) is 9.55. The second-order valence-electron chi connectivity index (χ2n) is 7.52. The van der Waals surface area contributed by atoms with Gasteiger partial charge in [0.1, 0.15) is 6.26 Å². The van der Waals surface area contributed by atoms with E-state index >= 15 is 0 Å². The highest BCUT2D eigenvalue weighted by Crippen LogP contribution is 2.31. The first-order valence-corrected chi connectivity index (χ1v) is 10.4. The number of thiazole rings is 1. The number of ether oxygens (including phenoxy) is 1. The van der Waals surface area contributed by atoms with Gasteiger partial charge in [-0.2, -0.15) is 0 Å². The van der Waals surface area contributed by atoms with Crippen LogP contribution in [-0.4, -0.2) is 64.2 Å². The van der Waals surface area contributed by atoms with Crippen LogP contribution in [-0.2, 0) is 22.5 Å². The minimum absolute atomic E-state index is 0.182. The average Bonchev–Trinajstić information content (AvgIpc) is 3.34. The molecule has 0 bridgehead atoms. The Morgan fingerprint density at radius 2 is 2.19 bits per heavy atom. The van der Waals surface area contributed by atoms with E-state index in [9.17, 15) is 4.79 Å². The molecule has 146 valence electrons. The lowest BCUT2D eigenvalue weighted by Gasteiger charge is -2.47. The number of carbonyl (C=O) groups excluding carboxylic acids is 1. The fraction of sp³-hybridized carbons (Fsp3) is 0.632. The Morgan fingerprint density at radius 1 is 1.33 bits per heavy atom. The maximum Gasteiger partial charge on any atom is 0.223 e. The molecule has 0 saturated carbocycles. The van der Waals surface area contributed by atoms with Crippen LogP contribution in [0.25, 0.3) is 0 Å². The molecule has 0 radical (unpaired) electrons. The van der Waals surface area contributed by atoms with E-state index in [0.717, 1.165) is 50.2 Å². The van der Waals surface area contributed by atoms with Crippen LogP contribution in [0.3, 0.4) is 0 Å². The minimum Gasteiger partial charge on any atom is -0.371 e. The number of nitrogens with zero attached hydrogens (tertiary/aromatic N) is 4. The minimum atomic E-state index is -0.182. The molecule has 1 spiro atoms. The number of carbonyl (C=O) groups is 1. The first-order chi connectivity index (χ1) is 13.1. The molecule has 2 aromatic heterocycles. The molecule has 4 heterocycles. The Bertz CT molecular complexity index is 753. The monoisotopic (exact) mass is 390 g/mol. The number of aromatic nitrogens is 2. The molecule has 2 fully saturated rings. The predicted octanol–water partition coefficient (Wildman–Crippen LogP) is 2.27. The topological polar surface area (TPSA) is 71.7 Å². The van der Waals surface area contributed by atoms with Gasteiger partial charge in [0.2, 0.25) is 5.91 Å². The number of hydrogen-bond acceptors (Lipinski definition) is 7. The molecule has 2 aliphatic rings. The molecule has 0 atom stereocenters. The van der Waals surface area contributed by atoms with Gasteiger partial charge in [-0.05, 0) is 26.2 Å². The normalized spacial score (nSPS) is 20.3. The third kappa shape index (κ3) is 4.39. The van der Waals surface area contributed by atoms with E-state index < -0.39 is 0 Å². The van der Waals surface area contributed by atoms with E-state index in [2.05, 4.69) is 15.0 Å². The Labute approximate surface area is 163 Å².